The molecule has 0 aromatic carbocycles. The first-order valence-corrected chi connectivity index (χ1v) is 5.96. The Morgan fingerprint density at radius 1 is 1.22 bits per heavy atom. The highest BCUT2D eigenvalue weighted by Gasteiger charge is 2.22. The molecule has 6 heteroatoms. The van der Waals surface area contributed by atoms with Crippen LogP contribution in [0.3, 0.4) is 0 Å². The average molecular weight is 258 g/mol. The molecule has 0 bridgehead atoms. The monoisotopic (exact) mass is 258 g/mol. The summed E-state index contributed by atoms with van der Waals surface area (Å²) in [5, 5.41) is 11.1. The third kappa shape index (κ3) is 6.22. The lowest BCUT2D eigenvalue weighted by Crippen LogP contribution is -2.44. The van der Waals surface area contributed by atoms with Crippen LogP contribution in [0.15, 0.2) is 0 Å². The van der Waals surface area contributed by atoms with E-state index < -0.39 is 11.4 Å². The third-order valence-electron chi connectivity index (χ3n) is 2.41. The van der Waals surface area contributed by atoms with Crippen LogP contribution >= 0.6 is 0 Å². The van der Waals surface area contributed by atoms with E-state index >= 15 is 0 Å². The summed E-state index contributed by atoms with van der Waals surface area (Å²) in [5.41, 5.74) is -0.543. The minimum Gasteiger partial charge on any atom is -0.481 e. The molecule has 0 rings (SSSR count). The zero-order valence-electron chi connectivity index (χ0n) is 11.4. The number of rotatable bonds is 6. The molecule has 0 radical (unpaired) electrons. The summed E-state index contributed by atoms with van der Waals surface area (Å²) in [6, 6.07) is 0. The lowest BCUT2D eigenvalue weighted by molar-refractivity contribution is -0.139. The molecule has 0 unspecified atom stereocenters. The molecule has 6 nitrogen and oxygen atoms in total. The maximum Gasteiger partial charge on any atom is 0.305 e. The molecular weight excluding hydrogens is 236 g/mol. The number of hydrogen-bond donors (Lipinski definition) is 2. The van der Waals surface area contributed by atoms with E-state index in [0.717, 1.165) is 0 Å². The Labute approximate surface area is 107 Å². The zero-order chi connectivity index (χ0) is 14.3. The molecule has 0 aliphatic rings. The van der Waals surface area contributed by atoms with Gasteiger partial charge in [0.15, 0.2) is 0 Å². The first-order chi connectivity index (χ1) is 8.18. The topological polar surface area (TPSA) is 86.7 Å². The molecule has 0 saturated heterocycles. The fraction of sp³-hybridized carbons (Fsp3) is 0.750. The van der Waals surface area contributed by atoms with Gasteiger partial charge >= 0.3 is 5.97 Å². The predicted molar refractivity (Wildman–Crippen MR) is 67.0 cm³/mol. The van der Waals surface area contributed by atoms with Gasteiger partial charge in [0.1, 0.15) is 0 Å². The Morgan fingerprint density at radius 2 is 1.78 bits per heavy atom. The number of carboxylic acids is 1. The molecule has 0 heterocycles. The number of carbonyl (C=O) groups excluding carboxylic acids is 2. The molecule has 0 saturated carbocycles. The number of carbonyl (C=O) groups is 3. The van der Waals surface area contributed by atoms with Gasteiger partial charge in [-0.3, -0.25) is 14.4 Å². The van der Waals surface area contributed by atoms with E-state index in [1.165, 1.54) is 4.90 Å². The fourth-order valence-corrected chi connectivity index (χ4v) is 1.22. The highest BCUT2D eigenvalue weighted by molar-refractivity contribution is 5.87. The SMILES string of the molecule is CCN(CCC(=O)O)C(=O)CNC(=O)C(C)(C)C. The van der Waals surface area contributed by atoms with Gasteiger partial charge < -0.3 is 15.3 Å². The Morgan fingerprint density at radius 3 is 2.17 bits per heavy atom. The molecule has 0 aliphatic carbocycles. The highest BCUT2D eigenvalue weighted by Crippen LogP contribution is 2.12. The van der Waals surface area contributed by atoms with Gasteiger partial charge in [-0.25, -0.2) is 0 Å². The van der Waals surface area contributed by atoms with Crippen molar-refractivity contribution in [3.8, 4) is 0 Å². The van der Waals surface area contributed by atoms with Crippen LogP contribution in [-0.2, 0) is 14.4 Å². The zero-order valence-corrected chi connectivity index (χ0v) is 11.4. The summed E-state index contributed by atoms with van der Waals surface area (Å²) in [7, 11) is 0. The Hall–Kier alpha value is -1.59. The van der Waals surface area contributed by atoms with Crippen molar-refractivity contribution in [1.82, 2.24) is 10.2 Å². The minimum atomic E-state index is -0.944. The molecule has 18 heavy (non-hydrogen) atoms. The summed E-state index contributed by atoms with van der Waals surface area (Å²) >= 11 is 0. The van der Waals surface area contributed by atoms with Crippen molar-refractivity contribution in [2.75, 3.05) is 19.6 Å². The Kier molecular flexibility index (Phi) is 6.36. The molecule has 2 N–H and O–H groups in total. The van der Waals surface area contributed by atoms with Crippen molar-refractivity contribution in [1.29, 1.82) is 0 Å². The molecule has 0 atom stereocenters. The maximum absolute atomic E-state index is 11.7. The van der Waals surface area contributed by atoms with Gasteiger partial charge in [-0.05, 0) is 6.92 Å². The quantitative estimate of drug-likeness (QED) is 0.725. The number of hydrogen-bond acceptors (Lipinski definition) is 3. The van der Waals surface area contributed by atoms with Gasteiger partial charge in [-0.15, -0.1) is 0 Å². The average Bonchev–Trinajstić information content (AvgIpc) is 2.24. The van der Waals surface area contributed by atoms with Gasteiger partial charge in [0, 0.05) is 18.5 Å². The number of amides is 2. The standard InChI is InChI=1S/C12H22N2O4/c1-5-14(7-6-10(16)17)9(15)8-13-11(18)12(2,3)4/h5-8H2,1-4H3,(H,13,18)(H,16,17). The van der Waals surface area contributed by atoms with Crippen molar-refractivity contribution in [3.05, 3.63) is 0 Å². The Balaban J connectivity index is 4.21. The first kappa shape index (κ1) is 16.4. The number of nitrogens with one attached hydrogen (secondary N) is 1. The van der Waals surface area contributed by atoms with Crippen LogP contribution in [0, 0.1) is 5.41 Å². The lowest BCUT2D eigenvalue weighted by Gasteiger charge is -2.22. The molecule has 0 aliphatic heterocycles. The molecule has 104 valence electrons. The van der Waals surface area contributed by atoms with E-state index in [2.05, 4.69) is 5.32 Å². The maximum atomic E-state index is 11.7. The second-order valence-electron chi connectivity index (χ2n) is 5.05. The van der Waals surface area contributed by atoms with Crippen LogP contribution in [-0.4, -0.2) is 47.4 Å². The molecular formula is C12H22N2O4. The van der Waals surface area contributed by atoms with E-state index in [-0.39, 0.29) is 31.3 Å². The van der Waals surface area contributed by atoms with Crippen LogP contribution in [0.25, 0.3) is 0 Å². The van der Waals surface area contributed by atoms with Crippen molar-refractivity contribution in [3.63, 3.8) is 0 Å². The van der Waals surface area contributed by atoms with Crippen LogP contribution in [0.1, 0.15) is 34.1 Å². The van der Waals surface area contributed by atoms with E-state index in [1.54, 1.807) is 27.7 Å². The normalized spacial score (nSPS) is 10.9. The van der Waals surface area contributed by atoms with E-state index in [9.17, 15) is 14.4 Å². The largest absolute Gasteiger partial charge is 0.481 e. The predicted octanol–water partition coefficient (Wildman–Crippen LogP) is 0.472. The lowest BCUT2D eigenvalue weighted by atomic mass is 9.96. The van der Waals surface area contributed by atoms with Crippen LogP contribution < -0.4 is 5.32 Å². The van der Waals surface area contributed by atoms with E-state index in [1.807, 2.05) is 0 Å². The Bertz CT molecular complexity index is 321. The number of likely N-dealkylation sites (N-methyl/N-ethyl adjacent to an activating group) is 1. The number of aliphatic carboxylic acids is 1. The van der Waals surface area contributed by atoms with Crippen LogP contribution in [0.5, 0.6) is 0 Å². The van der Waals surface area contributed by atoms with Gasteiger partial charge in [0.25, 0.3) is 0 Å². The van der Waals surface area contributed by atoms with Crippen LogP contribution in [0.4, 0.5) is 0 Å². The molecule has 0 aromatic heterocycles. The van der Waals surface area contributed by atoms with Crippen LogP contribution in [0.2, 0.25) is 0 Å². The third-order valence-corrected chi connectivity index (χ3v) is 2.41. The summed E-state index contributed by atoms with van der Waals surface area (Å²) in [6.45, 7) is 7.54. The molecule has 0 fully saturated rings. The van der Waals surface area contributed by atoms with Crippen molar-refractivity contribution < 1.29 is 19.5 Å². The van der Waals surface area contributed by atoms with Crippen molar-refractivity contribution in [2.45, 2.75) is 34.1 Å². The molecule has 0 aromatic rings. The summed E-state index contributed by atoms with van der Waals surface area (Å²) in [4.78, 5) is 35.2. The van der Waals surface area contributed by atoms with Gasteiger partial charge in [-0.2, -0.15) is 0 Å². The van der Waals surface area contributed by atoms with Crippen molar-refractivity contribution in [2.24, 2.45) is 5.41 Å². The number of nitrogens with zero attached hydrogens (tertiary/aromatic N) is 1. The number of carboxylic acid groups (broad SMARTS) is 1. The van der Waals surface area contributed by atoms with Crippen molar-refractivity contribution >= 4 is 17.8 Å². The minimum absolute atomic E-state index is 0.0905. The van der Waals surface area contributed by atoms with E-state index in [4.69, 9.17) is 5.11 Å². The molecule has 0 spiro atoms. The summed E-state index contributed by atoms with van der Waals surface area (Å²) in [5.74, 6) is -1.42. The summed E-state index contributed by atoms with van der Waals surface area (Å²) < 4.78 is 0. The van der Waals surface area contributed by atoms with Gasteiger partial charge in [-0.1, -0.05) is 20.8 Å². The van der Waals surface area contributed by atoms with Gasteiger partial charge in [0.2, 0.25) is 11.8 Å². The second kappa shape index (κ2) is 6.98. The van der Waals surface area contributed by atoms with E-state index in [0.29, 0.717) is 6.54 Å². The second-order valence-corrected chi connectivity index (χ2v) is 5.05. The molecule has 2 amide bonds. The highest BCUT2D eigenvalue weighted by atomic mass is 16.4. The smallest absolute Gasteiger partial charge is 0.305 e. The summed E-state index contributed by atoms with van der Waals surface area (Å²) in [6.07, 6.45) is -0.0905. The first-order valence-electron chi connectivity index (χ1n) is 5.96. The fourth-order valence-electron chi connectivity index (χ4n) is 1.22. The van der Waals surface area contributed by atoms with Gasteiger partial charge in [0.05, 0.1) is 13.0 Å².